The first-order chi connectivity index (χ1) is 9.17. The van der Waals surface area contributed by atoms with Crippen LogP contribution in [0.2, 0.25) is 0 Å². The van der Waals surface area contributed by atoms with Crippen LogP contribution in [-0.2, 0) is 20.2 Å². The van der Waals surface area contributed by atoms with Crippen LogP contribution in [-0.4, -0.2) is 22.9 Å². The molecular weight excluding hydrogens is 302 g/mol. The molecule has 0 aliphatic heterocycles. The molecule has 1 aliphatic rings. The molecule has 9 heteroatoms. The predicted molar refractivity (Wildman–Crippen MR) is 74.4 cm³/mol. The normalized spacial score (nSPS) is 17.9. The largest absolute Gasteiger partial charge is 0.277 e. The third-order valence-corrected chi connectivity index (χ3v) is 5.18. The minimum atomic E-state index is -3.74. The molecule has 1 aliphatic carbocycles. The Morgan fingerprint density at radius 1 is 1.15 bits per heavy atom. The van der Waals surface area contributed by atoms with Crippen molar-refractivity contribution in [2.75, 3.05) is 0 Å². The van der Waals surface area contributed by atoms with Crippen LogP contribution in [0.25, 0.3) is 0 Å². The number of nitrogens with one attached hydrogen (secondary N) is 2. The summed E-state index contributed by atoms with van der Waals surface area (Å²) >= 11 is 0. The lowest BCUT2D eigenvalue weighted by atomic mass is 10.1. The summed E-state index contributed by atoms with van der Waals surface area (Å²) in [6, 6.07) is 5.33. The molecule has 1 aromatic rings. The minimum Gasteiger partial charge on any atom is -0.225 e. The summed E-state index contributed by atoms with van der Waals surface area (Å²) in [5.74, 6) is 0. The summed E-state index contributed by atoms with van der Waals surface area (Å²) in [5.41, 5.74) is 0.651. The smallest absolute Gasteiger partial charge is 0.225 e. The molecule has 0 aromatic heterocycles. The van der Waals surface area contributed by atoms with E-state index < -0.39 is 26.3 Å². The number of rotatable bonds is 6. The van der Waals surface area contributed by atoms with Gasteiger partial charge >= 0.3 is 0 Å². The average Bonchev–Trinajstić information content (AvgIpc) is 3.10. The lowest BCUT2D eigenvalue weighted by molar-refractivity contribution is 0.551. The lowest BCUT2D eigenvalue weighted by Gasteiger charge is -2.15. The van der Waals surface area contributed by atoms with Gasteiger partial charge in [0.2, 0.25) is 10.0 Å². The third-order valence-electron chi connectivity index (χ3n) is 2.94. The van der Waals surface area contributed by atoms with Gasteiger partial charge in [-0.05, 0) is 37.5 Å². The quantitative estimate of drug-likeness (QED) is 0.683. The van der Waals surface area contributed by atoms with Gasteiger partial charge in [-0.1, -0.05) is 12.1 Å². The van der Waals surface area contributed by atoms with E-state index in [0.29, 0.717) is 5.56 Å². The minimum absolute atomic E-state index is 0.00703. The lowest BCUT2D eigenvalue weighted by Crippen LogP contribution is -2.39. The summed E-state index contributed by atoms with van der Waals surface area (Å²) in [5, 5.41) is 5.00. The van der Waals surface area contributed by atoms with Crippen LogP contribution in [0.1, 0.15) is 31.4 Å². The molecule has 7 nitrogen and oxygen atoms in total. The van der Waals surface area contributed by atoms with Crippen molar-refractivity contribution in [3.05, 3.63) is 29.8 Å². The van der Waals surface area contributed by atoms with Crippen molar-refractivity contribution in [2.24, 2.45) is 5.14 Å². The van der Waals surface area contributed by atoms with Gasteiger partial charge in [0.25, 0.3) is 10.2 Å². The summed E-state index contributed by atoms with van der Waals surface area (Å²) in [4.78, 5) is -0.00703. The van der Waals surface area contributed by atoms with Crippen LogP contribution in [0.15, 0.2) is 29.2 Å². The van der Waals surface area contributed by atoms with Gasteiger partial charge in [-0.2, -0.15) is 17.9 Å². The summed E-state index contributed by atoms with van der Waals surface area (Å²) < 4.78 is 50.8. The van der Waals surface area contributed by atoms with E-state index in [1.807, 2.05) is 0 Å². The molecule has 4 N–H and O–H groups in total. The van der Waals surface area contributed by atoms with Gasteiger partial charge in [-0.15, -0.1) is 0 Å². The third kappa shape index (κ3) is 4.25. The number of hydrogen-bond donors (Lipinski definition) is 3. The molecule has 0 amide bonds. The van der Waals surface area contributed by atoms with Gasteiger partial charge in [0.15, 0.2) is 0 Å². The summed E-state index contributed by atoms with van der Waals surface area (Å²) in [6.45, 7) is 1.68. The molecule has 0 spiro atoms. The monoisotopic (exact) mass is 319 g/mol. The highest BCUT2D eigenvalue weighted by molar-refractivity contribution is 7.89. The zero-order valence-corrected chi connectivity index (χ0v) is 12.5. The molecule has 0 heterocycles. The van der Waals surface area contributed by atoms with E-state index in [1.54, 1.807) is 6.92 Å². The van der Waals surface area contributed by atoms with Crippen molar-refractivity contribution >= 4 is 20.2 Å². The molecule has 112 valence electrons. The van der Waals surface area contributed by atoms with E-state index in [1.165, 1.54) is 24.3 Å². The van der Waals surface area contributed by atoms with E-state index in [9.17, 15) is 16.8 Å². The van der Waals surface area contributed by atoms with Gasteiger partial charge < -0.3 is 0 Å². The number of primary sulfonamides is 1. The predicted octanol–water partition coefficient (Wildman–Crippen LogP) is -0.0186. The Labute approximate surface area is 118 Å². The number of benzene rings is 1. The Morgan fingerprint density at radius 3 is 2.15 bits per heavy atom. The van der Waals surface area contributed by atoms with Crippen molar-refractivity contribution in [3.8, 4) is 0 Å². The van der Waals surface area contributed by atoms with Crippen LogP contribution in [0.5, 0.6) is 0 Å². The first-order valence-corrected chi connectivity index (χ1v) is 9.13. The zero-order chi connectivity index (χ0) is 15.0. The van der Waals surface area contributed by atoms with Crippen LogP contribution in [0.4, 0.5) is 0 Å². The van der Waals surface area contributed by atoms with Crippen LogP contribution in [0.3, 0.4) is 0 Å². The van der Waals surface area contributed by atoms with E-state index in [0.717, 1.165) is 12.8 Å². The fourth-order valence-electron chi connectivity index (χ4n) is 1.70. The SMILES string of the molecule is CC(NS(=O)(=O)NC1CC1)c1ccc(S(N)(=O)=O)cc1. The first kappa shape index (κ1) is 15.4. The maximum atomic E-state index is 11.8. The molecule has 2 rings (SSSR count). The summed E-state index contributed by atoms with van der Waals surface area (Å²) in [6.07, 6.45) is 1.72. The summed E-state index contributed by atoms with van der Waals surface area (Å²) in [7, 11) is -7.29. The Morgan fingerprint density at radius 2 is 1.70 bits per heavy atom. The van der Waals surface area contributed by atoms with Crippen LogP contribution >= 0.6 is 0 Å². The van der Waals surface area contributed by atoms with E-state index >= 15 is 0 Å². The average molecular weight is 319 g/mol. The Kier molecular flexibility index (Phi) is 4.17. The van der Waals surface area contributed by atoms with Crippen molar-refractivity contribution in [2.45, 2.75) is 36.7 Å². The molecular formula is C11H17N3O4S2. The van der Waals surface area contributed by atoms with Gasteiger partial charge in [-0.3, -0.25) is 0 Å². The highest BCUT2D eigenvalue weighted by Crippen LogP contribution is 2.20. The molecule has 0 radical (unpaired) electrons. The second-order valence-electron chi connectivity index (χ2n) is 4.85. The Balaban J connectivity index is 2.07. The van der Waals surface area contributed by atoms with E-state index in [4.69, 9.17) is 5.14 Å². The first-order valence-electron chi connectivity index (χ1n) is 6.10. The molecule has 1 atom stereocenters. The van der Waals surface area contributed by atoms with Crippen LogP contribution < -0.4 is 14.6 Å². The van der Waals surface area contributed by atoms with Crippen molar-refractivity contribution in [3.63, 3.8) is 0 Å². The maximum absolute atomic E-state index is 11.8. The Bertz CT molecular complexity index is 679. The molecule has 1 saturated carbocycles. The Hall–Kier alpha value is -1.00. The maximum Gasteiger partial charge on any atom is 0.277 e. The highest BCUT2D eigenvalue weighted by Gasteiger charge is 2.27. The second-order valence-corrected chi connectivity index (χ2v) is 7.89. The van der Waals surface area contributed by atoms with Gasteiger partial charge in [0, 0.05) is 12.1 Å². The van der Waals surface area contributed by atoms with E-state index in [2.05, 4.69) is 9.44 Å². The van der Waals surface area contributed by atoms with Crippen molar-refractivity contribution < 1.29 is 16.8 Å². The number of hydrogen-bond acceptors (Lipinski definition) is 4. The fraction of sp³-hybridized carbons (Fsp3) is 0.455. The second kappa shape index (κ2) is 5.41. The molecule has 0 saturated heterocycles. The van der Waals surface area contributed by atoms with Gasteiger partial charge in [0.05, 0.1) is 4.90 Å². The van der Waals surface area contributed by atoms with Gasteiger partial charge in [-0.25, -0.2) is 13.6 Å². The van der Waals surface area contributed by atoms with Gasteiger partial charge in [0.1, 0.15) is 0 Å². The topological polar surface area (TPSA) is 118 Å². The fourth-order valence-corrected chi connectivity index (χ4v) is 3.56. The zero-order valence-electron chi connectivity index (χ0n) is 10.9. The number of nitrogens with two attached hydrogens (primary N) is 1. The molecule has 1 aromatic carbocycles. The van der Waals surface area contributed by atoms with Crippen molar-refractivity contribution in [1.82, 2.24) is 9.44 Å². The van der Waals surface area contributed by atoms with Crippen LogP contribution in [0, 0.1) is 0 Å². The molecule has 20 heavy (non-hydrogen) atoms. The molecule has 1 unspecified atom stereocenters. The molecule has 1 fully saturated rings. The molecule has 0 bridgehead atoms. The number of sulfonamides is 1. The van der Waals surface area contributed by atoms with Crippen molar-refractivity contribution in [1.29, 1.82) is 0 Å². The highest BCUT2D eigenvalue weighted by atomic mass is 32.2. The standard InChI is InChI=1S/C11H17N3O4S2/c1-8(13-20(17,18)14-10-4-5-10)9-2-6-11(7-3-9)19(12,15)16/h2-3,6-8,10,13-14H,4-5H2,1H3,(H2,12,15,16). The van der Waals surface area contributed by atoms with E-state index in [-0.39, 0.29) is 10.9 Å².